The van der Waals surface area contributed by atoms with Crippen LogP contribution in [0.25, 0.3) is 0 Å². The van der Waals surface area contributed by atoms with Crippen molar-refractivity contribution in [2.24, 2.45) is 0 Å². The van der Waals surface area contributed by atoms with Crippen LogP contribution >= 0.6 is 11.6 Å². The number of benzene rings is 1. The van der Waals surface area contributed by atoms with Gasteiger partial charge < -0.3 is 14.7 Å². The third-order valence-corrected chi connectivity index (χ3v) is 4.89. The lowest BCUT2D eigenvalue weighted by Crippen LogP contribution is -2.54. The number of carbonyl (C=O) groups excluding carboxylic acids is 1. The molecule has 2 rings (SSSR count). The highest BCUT2D eigenvalue weighted by molar-refractivity contribution is 6.30. The number of ether oxygens (including phenoxy) is 1. The molecular formula is C17H22ClNO4. The summed E-state index contributed by atoms with van der Waals surface area (Å²) in [6.45, 7) is 4.70. The minimum atomic E-state index is -1.03. The van der Waals surface area contributed by atoms with Crippen LogP contribution < -0.4 is 0 Å². The van der Waals surface area contributed by atoms with Gasteiger partial charge >= 0.3 is 5.97 Å². The predicted octanol–water partition coefficient (Wildman–Crippen LogP) is 2.71. The van der Waals surface area contributed by atoms with Crippen molar-refractivity contribution < 1.29 is 19.4 Å². The fourth-order valence-electron chi connectivity index (χ4n) is 3.14. The van der Waals surface area contributed by atoms with Crippen LogP contribution in [0.2, 0.25) is 5.02 Å². The molecule has 1 aliphatic rings. The normalized spacial score (nSPS) is 18.7. The van der Waals surface area contributed by atoms with E-state index in [1.165, 1.54) is 0 Å². The monoisotopic (exact) mass is 339 g/mol. The van der Waals surface area contributed by atoms with E-state index in [9.17, 15) is 9.59 Å². The van der Waals surface area contributed by atoms with Gasteiger partial charge in [0, 0.05) is 11.6 Å². The summed E-state index contributed by atoms with van der Waals surface area (Å²) in [5.41, 5.74) is 0.251. The van der Waals surface area contributed by atoms with Crippen molar-refractivity contribution in [2.75, 3.05) is 19.7 Å². The summed E-state index contributed by atoms with van der Waals surface area (Å²) in [4.78, 5) is 25.9. The van der Waals surface area contributed by atoms with E-state index in [1.54, 1.807) is 17.0 Å². The molecule has 1 aliphatic heterocycles. The van der Waals surface area contributed by atoms with Crippen LogP contribution in [-0.2, 0) is 19.7 Å². The van der Waals surface area contributed by atoms with E-state index >= 15 is 0 Å². The third-order valence-electron chi connectivity index (χ3n) is 4.64. The quantitative estimate of drug-likeness (QED) is 0.895. The summed E-state index contributed by atoms with van der Waals surface area (Å²) < 4.78 is 5.21. The summed E-state index contributed by atoms with van der Waals surface area (Å²) in [6.07, 6.45) is 0.322. The predicted molar refractivity (Wildman–Crippen MR) is 87.7 cm³/mol. The SMILES string of the molecule is CCC(CC)(C(=O)N1CCOC(C(=O)O)C1)c1ccc(Cl)cc1. The van der Waals surface area contributed by atoms with Gasteiger partial charge in [0.1, 0.15) is 0 Å². The molecule has 6 heteroatoms. The highest BCUT2D eigenvalue weighted by atomic mass is 35.5. The zero-order valence-electron chi connectivity index (χ0n) is 13.4. The van der Waals surface area contributed by atoms with Crippen molar-refractivity contribution in [2.45, 2.75) is 38.2 Å². The lowest BCUT2D eigenvalue weighted by atomic mass is 9.74. The Hall–Kier alpha value is -1.59. The van der Waals surface area contributed by atoms with Crippen molar-refractivity contribution in [3.63, 3.8) is 0 Å². The number of hydrogen-bond acceptors (Lipinski definition) is 3. The largest absolute Gasteiger partial charge is 0.479 e. The Kier molecular flexibility index (Phi) is 5.65. The summed E-state index contributed by atoms with van der Waals surface area (Å²) in [7, 11) is 0. The number of halogens is 1. The van der Waals surface area contributed by atoms with E-state index < -0.39 is 17.5 Å². The van der Waals surface area contributed by atoms with Crippen LogP contribution in [0.5, 0.6) is 0 Å². The standard InChI is InChI=1S/C17H22ClNO4/c1-3-17(4-2,12-5-7-13(18)8-6-12)16(22)19-9-10-23-14(11-19)15(20)21/h5-8,14H,3-4,9-11H2,1-2H3,(H,20,21). The Morgan fingerprint density at radius 2 is 1.91 bits per heavy atom. The fourth-order valence-corrected chi connectivity index (χ4v) is 3.26. The van der Waals surface area contributed by atoms with E-state index in [0.29, 0.717) is 24.4 Å². The molecular weight excluding hydrogens is 318 g/mol. The Morgan fingerprint density at radius 3 is 2.43 bits per heavy atom. The first-order valence-electron chi connectivity index (χ1n) is 7.84. The van der Waals surface area contributed by atoms with Crippen molar-refractivity contribution in [1.29, 1.82) is 0 Å². The van der Waals surface area contributed by atoms with Gasteiger partial charge in [-0.1, -0.05) is 37.6 Å². The number of morpholine rings is 1. The van der Waals surface area contributed by atoms with E-state index in [4.69, 9.17) is 21.4 Å². The maximum atomic E-state index is 13.2. The van der Waals surface area contributed by atoms with E-state index in [-0.39, 0.29) is 19.1 Å². The number of nitrogens with zero attached hydrogens (tertiary/aromatic N) is 1. The van der Waals surface area contributed by atoms with Gasteiger partial charge in [-0.2, -0.15) is 0 Å². The minimum absolute atomic E-state index is 0.0422. The van der Waals surface area contributed by atoms with Crippen LogP contribution in [0.1, 0.15) is 32.3 Å². The zero-order valence-corrected chi connectivity index (χ0v) is 14.2. The van der Waals surface area contributed by atoms with Gasteiger partial charge in [0.2, 0.25) is 5.91 Å². The lowest BCUT2D eigenvalue weighted by molar-refractivity contribution is -0.161. The van der Waals surface area contributed by atoms with Crippen LogP contribution in [-0.4, -0.2) is 47.7 Å². The van der Waals surface area contributed by atoms with Crippen molar-refractivity contribution in [1.82, 2.24) is 4.90 Å². The average Bonchev–Trinajstić information content (AvgIpc) is 2.57. The van der Waals surface area contributed by atoms with Crippen LogP contribution in [0, 0.1) is 0 Å². The lowest BCUT2D eigenvalue weighted by Gasteiger charge is -2.39. The van der Waals surface area contributed by atoms with E-state index in [0.717, 1.165) is 5.56 Å². The summed E-state index contributed by atoms with van der Waals surface area (Å²) in [5.74, 6) is -1.08. The molecule has 1 saturated heterocycles. The van der Waals surface area contributed by atoms with E-state index in [1.807, 2.05) is 26.0 Å². The Morgan fingerprint density at radius 1 is 1.30 bits per heavy atom. The first-order chi connectivity index (χ1) is 10.9. The van der Waals surface area contributed by atoms with Crippen molar-refractivity contribution in [3.8, 4) is 0 Å². The topological polar surface area (TPSA) is 66.8 Å². The summed E-state index contributed by atoms with van der Waals surface area (Å²) >= 11 is 5.95. The summed E-state index contributed by atoms with van der Waals surface area (Å²) in [5, 5.41) is 9.75. The number of carbonyl (C=O) groups is 2. The van der Waals surface area contributed by atoms with Gasteiger partial charge in [0.05, 0.1) is 18.6 Å². The molecule has 0 saturated carbocycles. The molecule has 1 unspecified atom stereocenters. The Balaban J connectivity index is 2.31. The van der Waals surface area contributed by atoms with Crippen molar-refractivity contribution >= 4 is 23.5 Å². The van der Waals surface area contributed by atoms with Gasteiger partial charge in [0.15, 0.2) is 6.10 Å². The molecule has 0 spiro atoms. The van der Waals surface area contributed by atoms with Gasteiger partial charge in [-0.3, -0.25) is 4.79 Å². The van der Waals surface area contributed by atoms with Crippen LogP contribution in [0.3, 0.4) is 0 Å². The van der Waals surface area contributed by atoms with E-state index in [2.05, 4.69) is 0 Å². The van der Waals surface area contributed by atoms with Gasteiger partial charge in [-0.15, -0.1) is 0 Å². The number of amides is 1. The van der Waals surface area contributed by atoms with Gasteiger partial charge in [-0.05, 0) is 30.5 Å². The second kappa shape index (κ2) is 7.32. The second-order valence-corrected chi connectivity index (χ2v) is 6.18. The van der Waals surface area contributed by atoms with Crippen LogP contribution in [0.15, 0.2) is 24.3 Å². The number of carboxylic acid groups (broad SMARTS) is 1. The molecule has 1 heterocycles. The van der Waals surface area contributed by atoms with Crippen molar-refractivity contribution in [3.05, 3.63) is 34.9 Å². The molecule has 1 N–H and O–H groups in total. The molecule has 0 aromatic heterocycles. The average molecular weight is 340 g/mol. The highest BCUT2D eigenvalue weighted by Gasteiger charge is 2.42. The molecule has 23 heavy (non-hydrogen) atoms. The number of rotatable bonds is 5. The molecule has 1 atom stereocenters. The van der Waals surface area contributed by atoms with Crippen LogP contribution in [0.4, 0.5) is 0 Å². The number of aliphatic carboxylic acids is 1. The minimum Gasteiger partial charge on any atom is -0.479 e. The fraction of sp³-hybridized carbons (Fsp3) is 0.529. The van der Waals surface area contributed by atoms with Gasteiger partial charge in [-0.25, -0.2) is 4.79 Å². The Bertz CT molecular complexity index is 568. The molecule has 1 aromatic carbocycles. The maximum Gasteiger partial charge on any atom is 0.334 e. The number of carboxylic acids is 1. The molecule has 1 aromatic rings. The molecule has 1 amide bonds. The maximum absolute atomic E-state index is 13.2. The molecule has 0 radical (unpaired) electrons. The molecule has 126 valence electrons. The molecule has 0 aliphatic carbocycles. The Labute approximate surface area is 141 Å². The molecule has 5 nitrogen and oxygen atoms in total. The third kappa shape index (κ3) is 3.51. The molecule has 1 fully saturated rings. The number of hydrogen-bond donors (Lipinski definition) is 1. The summed E-state index contributed by atoms with van der Waals surface area (Å²) in [6, 6.07) is 7.32. The molecule has 0 bridgehead atoms. The zero-order chi connectivity index (χ0) is 17.0. The highest BCUT2D eigenvalue weighted by Crippen LogP contribution is 2.35. The second-order valence-electron chi connectivity index (χ2n) is 5.74. The van der Waals surface area contributed by atoms with Gasteiger partial charge in [0.25, 0.3) is 0 Å². The first-order valence-corrected chi connectivity index (χ1v) is 8.22. The smallest absolute Gasteiger partial charge is 0.334 e. The first kappa shape index (κ1) is 17.8.